The molecule has 0 spiro atoms. The van der Waals surface area contributed by atoms with E-state index in [1.165, 1.54) is 11.3 Å². The molecule has 2 aliphatic heterocycles. The molecule has 2 aliphatic rings. The SMILES string of the molecule is CC(C)C1NC(c2cccs2)N(CC2CCN(C)C2)C1=O. The minimum Gasteiger partial charge on any atom is -0.320 e. The average molecular weight is 307 g/mol. The summed E-state index contributed by atoms with van der Waals surface area (Å²) in [6, 6.07) is 4.15. The summed E-state index contributed by atoms with van der Waals surface area (Å²) in [7, 11) is 2.16. The highest BCUT2D eigenvalue weighted by Crippen LogP contribution is 2.32. The minimum atomic E-state index is -0.0452. The molecule has 1 amide bonds. The number of likely N-dealkylation sites (tertiary alicyclic amines) is 1. The Morgan fingerprint density at radius 2 is 2.29 bits per heavy atom. The number of hydrogen-bond acceptors (Lipinski definition) is 4. The zero-order valence-corrected chi connectivity index (χ0v) is 13.9. The standard InChI is InChI=1S/C16H25N3OS/c1-11(2)14-16(20)19(10-12-6-7-18(3)9-12)15(17-14)13-5-4-8-21-13/h4-5,8,11-12,14-15,17H,6-7,9-10H2,1-3H3. The summed E-state index contributed by atoms with van der Waals surface area (Å²) >= 11 is 1.73. The summed E-state index contributed by atoms with van der Waals surface area (Å²) in [6.45, 7) is 7.37. The van der Waals surface area contributed by atoms with Crippen LogP contribution in [0.2, 0.25) is 0 Å². The van der Waals surface area contributed by atoms with Crippen LogP contribution in [0.25, 0.3) is 0 Å². The Morgan fingerprint density at radius 3 is 2.86 bits per heavy atom. The van der Waals surface area contributed by atoms with Gasteiger partial charge in [0.05, 0.1) is 6.04 Å². The van der Waals surface area contributed by atoms with Gasteiger partial charge in [0.15, 0.2) is 0 Å². The van der Waals surface area contributed by atoms with Crippen LogP contribution in [0.4, 0.5) is 0 Å². The van der Waals surface area contributed by atoms with Crippen molar-refractivity contribution in [3.05, 3.63) is 22.4 Å². The number of nitrogens with zero attached hydrogens (tertiary/aromatic N) is 2. The lowest BCUT2D eigenvalue weighted by Gasteiger charge is -2.26. The van der Waals surface area contributed by atoms with E-state index in [0.29, 0.717) is 11.8 Å². The molecular weight excluding hydrogens is 282 g/mol. The second kappa shape index (κ2) is 6.07. The first-order valence-electron chi connectivity index (χ1n) is 7.84. The number of amides is 1. The maximum atomic E-state index is 12.8. The van der Waals surface area contributed by atoms with Crippen molar-refractivity contribution in [3.63, 3.8) is 0 Å². The molecular formula is C16H25N3OS. The molecule has 0 radical (unpaired) electrons. The van der Waals surface area contributed by atoms with Crippen LogP contribution in [0.5, 0.6) is 0 Å². The van der Waals surface area contributed by atoms with E-state index in [1.54, 1.807) is 11.3 Å². The zero-order valence-electron chi connectivity index (χ0n) is 13.1. The van der Waals surface area contributed by atoms with E-state index in [4.69, 9.17) is 0 Å². The van der Waals surface area contributed by atoms with Crippen molar-refractivity contribution < 1.29 is 4.79 Å². The number of nitrogens with one attached hydrogen (secondary N) is 1. The number of thiophene rings is 1. The summed E-state index contributed by atoms with van der Waals surface area (Å²) in [5, 5.41) is 5.64. The van der Waals surface area contributed by atoms with Crippen molar-refractivity contribution in [3.8, 4) is 0 Å². The van der Waals surface area contributed by atoms with Crippen LogP contribution in [-0.2, 0) is 4.79 Å². The Labute approximate surface area is 131 Å². The van der Waals surface area contributed by atoms with Gasteiger partial charge >= 0.3 is 0 Å². The summed E-state index contributed by atoms with van der Waals surface area (Å²) < 4.78 is 0. The molecule has 3 atom stereocenters. The second-order valence-corrected chi connectivity index (χ2v) is 7.69. The lowest BCUT2D eigenvalue weighted by Crippen LogP contribution is -2.37. The van der Waals surface area contributed by atoms with Crippen molar-refractivity contribution in [2.75, 3.05) is 26.7 Å². The molecule has 0 bridgehead atoms. The van der Waals surface area contributed by atoms with Gasteiger partial charge in [-0.1, -0.05) is 19.9 Å². The van der Waals surface area contributed by atoms with Gasteiger partial charge in [-0.15, -0.1) is 11.3 Å². The van der Waals surface area contributed by atoms with Crippen LogP contribution >= 0.6 is 11.3 Å². The molecule has 1 N–H and O–H groups in total. The molecule has 116 valence electrons. The maximum Gasteiger partial charge on any atom is 0.241 e. The van der Waals surface area contributed by atoms with Crippen LogP contribution in [0.1, 0.15) is 31.3 Å². The molecule has 2 fully saturated rings. The Kier molecular flexibility index (Phi) is 4.33. The summed E-state index contributed by atoms with van der Waals surface area (Å²) in [4.78, 5) is 18.5. The summed E-state index contributed by atoms with van der Waals surface area (Å²) in [5.74, 6) is 1.21. The van der Waals surface area contributed by atoms with Crippen LogP contribution in [0.15, 0.2) is 17.5 Å². The van der Waals surface area contributed by atoms with Gasteiger partial charge in [0.25, 0.3) is 0 Å². The summed E-state index contributed by atoms with van der Waals surface area (Å²) in [6.07, 6.45) is 1.26. The van der Waals surface area contributed by atoms with E-state index >= 15 is 0 Å². The largest absolute Gasteiger partial charge is 0.320 e. The third kappa shape index (κ3) is 3.00. The Balaban J connectivity index is 1.78. The van der Waals surface area contributed by atoms with Crippen LogP contribution in [-0.4, -0.2) is 48.4 Å². The monoisotopic (exact) mass is 307 g/mol. The zero-order chi connectivity index (χ0) is 15.0. The van der Waals surface area contributed by atoms with E-state index in [1.807, 2.05) is 0 Å². The molecule has 3 rings (SSSR count). The van der Waals surface area contributed by atoms with Crippen LogP contribution < -0.4 is 5.32 Å². The average Bonchev–Trinajstić information content (AvgIpc) is 3.13. The maximum absolute atomic E-state index is 12.8. The topological polar surface area (TPSA) is 35.6 Å². The number of carbonyl (C=O) groups excluding carboxylic acids is 1. The first-order valence-corrected chi connectivity index (χ1v) is 8.72. The first kappa shape index (κ1) is 15.0. The Hall–Kier alpha value is -0.910. The summed E-state index contributed by atoms with van der Waals surface area (Å²) in [5.41, 5.74) is 0. The highest BCUT2D eigenvalue weighted by atomic mass is 32.1. The smallest absolute Gasteiger partial charge is 0.241 e. The first-order chi connectivity index (χ1) is 10.1. The van der Waals surface area contributed by atoms with Gasteiger partial charge in [-0.2, -0.15) is 0 Å². The van der Waals surface area contributed by atoms with Gasteiger partial charge in [-0.3, -0.25) is 10.1 Å². The molecule has 2 saturated heterocycles. The van der Waals surface area contributed by atoms with E-state index in [9.17, 15) is 4.79 Å². The normalized spacial score (nSPS) is 30.8. The van der Waals surface area contributed by atoms with E-state index < -0.39 is 0 Å². The molecule has 3 heterocycles. The number of hydrogen-bond donors (Lipinski definition) is 1. The van der Waals surface area contributed by atoms with Gasteiger partial charge in [0.1, 0.15) is 6.17 Å². The second-order valence-electron chi connectivity index (χ2n) is 6.71. The lowest BCUT2D eigenvalue weighted by molar-refractivity contribution is -0.131. The molecule has 21 heavy (non-hydrogen) atoms. The highest BCUT2D eigenvalue weighted by molar-refractivity contribution is 7.10. The molecule has 0 aromatic carbocycles. The van der Waals surface area contributed by atoms with E-state index in [0.717, 1.165) is 19.6 Å². The fourth-order valence-corrected chi connectivity index (χ4v) is 4.24. The Bertz CT molecular complexity index is 488. The Morgan fingerprint density at radius 1 is 1.48 bits per heavy atom. The molecule has 0 aliphatic carbocycles. The van der Waals surface area contributed by atoms with Crippen molar-refractivity contribution in [1.29, 1.82) is 0 Å². The molecule has 1 aromatic heterocycles. The quantitative estimate of drug-likeness (QED) is 0.926. The third-order valence-electron chi connectivity index (χ3n) is 4.62. The van der Waals surface area contributed by atoms with Crippen LogP contribution in [0.3, 0.4) is 0 Å². The third-order valence-corrected chi connectivity index (χ3v) is 5.55. The van der Waals surface area contributed by atoms with Crippen molar-refractivity contribution >= 4 is 17.2 Å². The molecule has 4 nitrogen and oxygen atoms in total. The number of rotatable bonds is 4. The van der Waals surface area contributed by atoms with Crippen molar-refractivity contribution in [1.82, 2.24) is 15.1 Å². The van der Waals surface area contributed by atoms with Gasteiger partial charge in [0.2, 0.25) is 5.91 Å². The molecule has 3 unspecified atom stereocenters. The predicted molar refractivity (Wildman–Crippen MR) is 86.1 cm³/mol. The van der Waals surface area contributed by atoms with Gasteiger partial charge in [0, 0.05) is 18.0 Å². The van der Waals surface area contributed by atoms with Crippen molar-refractivity contribution in [2.45, 2.75) is 32.5 Å². The fraction of sp³-hybridized carbons (Fsp3) is 0.688. The molecule has 1 aromatic rings. The predicted octanol–water partition coefficient (Wildman–Crippen LogP) is 2.15. The lowest BCUT2D eigenvalue weighted by atomic mass is 10.0. The van der Waals surface area contributed by atoms with Gasteiger partial charge < -0.3 is 9.80 Å². The van der Waals surface area contributed by atoms with Crippen molar-refractivity contribution in [2.24, 2.45) is 11.8 Å². The minimum absolute atomic E-state index is 0.0452. The van der Waals surface area contributed by atoms with E-state index in [2.05, 4.69) is 53.5 Å². The van der Waals surface area contributed by atoms with E-state index in [-0.39, 0.29) is 18.1 Å². The van der Waals surface area contributed by atoms with Crippen LogP contribution in [0, 0.1) is 11.8 Å². The van der Waals surface area contributed by atoms with Gasteiger partial charge in [-0.25, -0.2) is 0 Å². The number of carbonyl (C=O) groups is 1. The molecule has 0 saturated carbocycles. The highest BCUT2D eigenvalue weighted by Gasteiger charge is 2.42. The van der Waals surface area contributed by atoms with Gasteiger partial charge in [-0.05, 0) is 43.3 Å². The molecule has 5 heteroatoms. The fourth-order valence-electron chi connectivity index (χ4n) is 3.45.